The number of rotatable bonds is 5. The van der Waals surface area contributed by atoms with Crippen LogP contribution in [0, 0.1) is 17.6 Å². The molecule has 1 rings (SSSR count). The zero-order valence-corrected chi connectivity index (χ0v) is 11.0. The molecule has 0 aliphatic heterocycles. The molecule has 0 heterocycles. The molecule has 0 spiro atoms. The highest BCUT2D eigenvalue weighted by Crippen LogP contribution is 2.18. The van der Waals surface area contributed by atoms with Crippen molar-refractivity contribution in [1.29, 1.82) is 0 Å². The zero-order valence-electron chi connectivity index (χ0n) is 10.2. The maximum absolute atomic E-state index is 13.0. The van der Waals surface area contributed by atoms with Gasteiger partial charge in [0.1, 0.15) is 0 Å². The van der Waals surface area contributed by atoms with Gasteiger partial charge in [-0.25, -0.2) is 21.5 Å². The minimum atomic E-state index is -3.81. The standard InChI is InChI=1S/C11H16F2N2O2S/c1-8(6-14)7-15(2)18(16,17)9-3-4-10(12)11(13)5-9/h3-5,8H,6-7,14H2,1-2H3. The number of hydrogen-bond acceptors (Lipinski definition) is 3. The Bertz CT molecular complexity index is 520. The van der Waals surface area contributed by atoms with Gasteiger partial charge in [-0.2, -0.15) is 0 Å². The summed E-state index contributed by atoms with van der Waals surface area (Å²) in [6, 6.07) is 2.51. The molecule has 0 bridgehead atoms. The van der Waals surface area contributed by atoms with Crippen molar-refractivity contribution < 1.29 is 17.2 Å². The summed E-state index contributed by atoms with van der Waals surface area (Å²) >= 11 is 0. The van der Waals surface area contributed by atoms with Gasteiger partial charge in [-0.1, -0.05) is 6.92 Å². The highest BCUT2D eigenvalue weighted by molar-refractivity contribution is 7.89. The van der Waals surface area contributed by atoms with Crippen LogP contribution in [0.2, 0.25) is 0 Å². The summed E-state index contributed by atoms with van der Waals surface area (Å²) in [5.41, 5.74) is 5.42. The summed E-state index contributed by atoms with van der Waals surface area (Å²) in [5, 5.41) is 0. The maximum Gasteiger partial charge on any atom is 0.242 e. The number of benzene rings is 1. The van der Waals surface area contributed by atoms with Crippen molar-refractivity contribution in [3.05, 3.63) is 29.8 Å². The van der Waals surface area contributed by atoms with Gasteiger partial charge in [0.05, 0.1) is 4.90 Å². The molecule has 0 amide bonds. The summed E-state index contributed by atoms with van der Waals surface area (Å²) < 4.78 is 50.9. The molecule has 0 aliphatic rings. The van der Waals surface area contributed by atoms with Crippen LogP contribution in [0.3, 0.4) is 0 Å². The van der Waals surface area contributed by atoms with Crippen molar-refractivity contribution >= 4 is 10.0 Å². The van der Waals surface area contributed by atoms with E-state index in [0.717, 1.165) is 16.4 Å². The SMILES string of the molecule is CC(CN)CN(C)S(=O)(=O)c1ccc(F)c(F)c1. The molecule has 2 N–H and O–H groups in total. The smallest absolute Gasteiger partial charge is 0.242 e. The van der Waals surface area contributed by atoms with Crippen LogP contribution in [0.15, 0.2) is 23.1 Å². The van der Waals surface area contributed by atoms with Crippen LogP contribution in [-0.4, -0.2) is 32.9 Å². The Labute approximate surface area is 105 Å². The minimum Gasteiger partial charge on any atom is -0.330 e. The van der Waals surface area contributed by atoms with E-state index >= 15 is 0 Å². The van der Waals surface area contributed by atoms with E-state index in [4.69, 9.17) is 5.73 Å². The van der Waals surface area contributed by atoms with Crippen LogP contribution in [0.25, 0.3) is 0 Å². The summed E-state index contributed by atoms with van der Waals surface area (Å²) in [4.78, 5) is -0.270. The Kier molecular flexibility index (Phi) is 4.78. The summed E-state index contributed by atoms with van der Waals surface area (Å²) in [5.74, 6) is -2.28. The van der Waals surface area contributed by atoms with Crippen LogP contribution in [0.5, 0.6) is 0 Å². The van der Waals surface area contributed by atoms with Gasteiger partial charge >= 0.3 is 0 Å². The van der Waals surface area contributed by atoms with Gasteiger partial charge in [-0.15, -0.1) is 0 Å². The molecule has 1 aromatic rings. The van der Waals surface area contributed by atoms with E-state index in [1.807, 2.05) is 0 Å². The van der Waals surface area contributed by atoms with E-state index in [-0.39, 0.29) is 17.4 Å². The predicted molar refractivity (Wildman–Crippen MR) is 64.4 cm³/mol. The second-order valence-corrected chi connectivity index (χ2v) is 6.25. The van der Waals surface area contributed by atoms with Gasteiger partial charge in [0.15, 0.2) is 11.6 Å². The van der Waals surface area contributed by atoms with E-state index < -0.39 is 21.7 Å². The predicted octanol–water partition coefficient (Wildman–Crippen LogP) is 1.18. The third-order valence-electron chi connectivity index (χ3n) is 2.57. The molecular weight excluding hydrogens is 262 g/mol. The van der Waals surface area contributed by atoms with E-state index in [0.29, 0.717) is 12.6 Å². The molecule has 0 aliphatic carbocycles. The molecule has 0 radical (unpaired) electrons. The molecule has 7 heteroatoms. The first-order valence-corrected chi connectivity index (χ1v) is 6.84. The summed E-state index contributed by atoms with van der Waals surface area (Å²) in [6.45, 7) is 2.37. The average molecular weight is 278 g/mol. The number of nitrogens with zero attached hydrogens (tertiary/aromatic N) is 1. The normalized spacial score (nSPS) is 13.9. The molecule has 0 saturated carbocycles. The van der Waals surface area contributed by atoms with E-state index in [9.17, 15) is 17.2 Å². The lowest BCUT2D eigenvalue weighted by atomic mass is 10.2. The zero-order chi connectivity index (χ0) is 13.9. The molecule has 1 unspecified atom stereocenters. The van der Waals surface area contributed by atoms with E-state index in [1.165, 1.54) is 7.05 Å². The van der Waals surface area contributed by atoms with E-state index in [1.54, 1.807) is 6.92 Å². The Hall–Kier alpha value is -1.05. The summed E-state index contributed by atoms with van der Waals surface area (Å²) in [6.07, 6.45) is 0. The third-order valence-corrected chi connectivity index (χ3v) is 4.39. The van der Waals surface area contributed by atoms with Crippen molar-refractivity contribution in [2.75, 3.05) is 20.1 Å². The molecule has 102 valence electrons. The van der Waals surface area contributed by atoms with Crippen LogP contribution < -0.4 is 5.73 Å². The lowest BCUT2D eigenvalue weighted by Gasteiger charge is -2.20. The van der Waals surface area contributed by atoms with Crippen LogP contribution in [-0.2, 0) is 10.0 Å². The topological polar surface area (TPSA) is 63.4 Å². The number of nitrogens with two attached hydrogens (primary N) is 1. The lowest BCUT2D eigenvalue weighted by molar-refractivity contribution is 0.404. The number of sulfonamides is 1. The van der Waals surface area contributed by atoms with Crippen LogP contribution in [0.1, 0.15) is 6.92 Å². The fourth-order valence-corrected chi connectivity index (χ4v) is 2.73. The fourth-order valence-electron chi connectivity index (χ4n) is 1.43. The molecule has 18 heavy (non-hydrogen) atoms. The molecule has 0 saturated heterocycles. The fraction of sp³-hybridized carbons (Fsp3) is 0.455. The maximum atomic E-state index is 13.0. The Morgan fingerprint density at radius 1 is 1.33 bits per heavy atom. The molecule has 1 atom stereocenters. The minimum absolute atomic E-state index is 0.0185. The van der Waals surface area contributed by atoms with Gasteiger partial charge < -0.3 is 5.73 Å². The second kappa shape index (κ2) is 5.73. The Morgan fingerprint density at radius 3 is 2.44 bits per heavy atom. The monoisotopic (exact) mass is 278 g/mol. The van der Waals surface area contributed by atoms with Gasteiger partial charge in [0, 0.05) is 13.6 Å². The molecular formula is C11H16F2N2O2S. The van der Waals surface area contributed by atoms with Gasteiger partial charge in [-0.3, -0.25) is 0 Å². The molecule has 0 fully saturated rings. The van der Waals surface area contributed by atoms with Gasteiger partial charge in [-0.05, 0) is 30.7 Å². The highest BCUT2D eigenvalue weighted by atomic mass is 32.2. The van der Waals surface area contributed by atoms with Crippen molar-refractivity contribution in [2.45, 2.75) is 11.8 Å². The quantitative estimate of drug-likeness (QED) is 0.879. The lowest BCUT2D eigenvalue weighted by Crippen LogP contribution is -2.33. The summed E-state index contributed by atoms with van der Waals surface area (Å²) in [7, 11) is -2.43. The molecule has 0 aromatic heterocycles. The number of halogens is 2. The van der Waals surface area contributed by atoms with Crippen LogP contribution in [0.4, 0.5) is 8.78 Å². The Balaban J connectivity index is 3.02. The first-order chi connectivity index (χ1) is 8.28. The Morgan fingerprint density at radius 2 is 1.94 bits per heavy atom. The molecule has 1 aromatic carbocycles. The van der Waals surface area contributed by atoms with Gasteiger partial charge in [0.2, 0.25) is 10.0 Å². The molecule has 4 nitrogen and oxygen atoms in total. The van der Waals surface area contributed by atoms with Crippen molar-refractivity contribution in [2.24, 2.45) is 11.7 Å². The first-order valence-electron chi connectivity index (χ1n) is 5.40. The van der Waals surface area contributed by atoms with Crippen LogP contribution >= 0.6 is 0 Å². The second-order valence-electron chi connectivity index (χ2n) is 4.20. The van der Waals surface area contributed by atoms with Gasteiger partial charge in [0.25, 0.3) is 0 Å². The highest BCUT2D eigenvalue weighted by Gasteiger charge is 2.23. The first kappa shape index (κ1) is 15.0. The van der Waals surface area contributed by atoms with Crippen molar-refractivity contribution in [3.63, 3.8) is 0 Å². The van der Waals surface area contributed by atoms with Crippen molar-refractivity contribution in [3.8, 4) is 0 Å². The third kappa shape index (κ3) is 3.24. The number of hydrogen-bond donors (Lipinski definition) is 1. The largest absolute Gasteiger partial charge is 0.330 e. The van der Waals surface area contributed by atoms with Crippen molar-refractivity contribution in [1.82, 2.24) is 4.31 Å². The average Bonchev–Trinajstić information content (AvgIpc) is 2.32. The van der Waals surface area contributed by atoms with E-state index in [2.05, 4.69) is 0 Å².